The molecule has 2 rings (SSSR count). The zero-order chi connectivity index (χ0) is 17.7. The molecule has 0 aliphatic heterocycles. The van der Waals surface area contributed by atoms with Crippen molar-refractivity contribution in [3.8, 4) is 0 Å². The molecule has 24 heavy (non-hydrogen) atoms. The van der Waals surface area contributed by atoms with E-state index in [2.05, 4.69) is 24.5 Å². The number of hydrogen-bond acceptors (Lipinski definition) is 2. The zero-order valence-corrected chi connectivity index (χ0v) is 14.7. The lowest BCUT2D eigenvalue weighted by Gasteiger charge is -2.23. The number of carbonyl (C=O) groups excluding carboxylic acids is 1. The van der Waals surface area contributed by atoms with E-state index in [-0.39, 0.29) is 30.2 Å². The maximum Gasteiger partial charge on any atom is 0.238 e. The van der Waals surface area contributed by atoms with Crippen LogP contribution in [0.4, 0.5) is 10.1 Å². The number of aryl methyl sites for hydroxylation is 2. The first-order valence-electron chi connectivity index (χ1n) is 8.22. The SMILES string of the molecule is Cc1ccc(NC(=O)CN[C@@H](c2ccc(F)cc2)C(C)C)c(C)c1. The van der Waals surface area contributed by atoms with Crippen LogP contribution in [-0.4, -0.2) is 12.5 Å². The van der Waals surface area contributed by atoms with Gasteiger partial charge in [-0.2, -0.15) is 0 Å². The van der Waals surface area contributed by atoms with E-state index in [0.29, 0.717) is 0 Å². The summed E-state index contributed by atoms with van der Waals surface area (Å²) in [6.45, 7) is 8.35. The molecule has 0 unspecified atom stereocenters. The maximum atomic E-state index is 13.1. The lowest BCUT2D eigenvalue weighted by Crippen LogP contribution is -2.33. The first kappa shape index (κ1) is 18.1. The monoisotopic (exact) mass is 328 g/mol. The number of hydrogen-bond donors (Lipinski definition) is 2. The molecule has 128 valence electrons. The standard InChI is InChI=1S/C20H25FN2O/c1-13(2)20(16-6-8-17(21)9-7-16)22-12-19(24)23-18-10-5-14(3)11-15(18)4/h5-11,13,20,22H,12H2,1-4H3,(H,23,24)/t20-/m1/s1. The Kier molecular flexibility index (Phi) is 6.10. The van der Waals surface area contributed by atoms with Gasteiger partial charge in [0.15, 0.2) is 0 Å². The molecule has 0 aliphatic carbocycles. The van der Waals surface area contributed by atoms with Crippen LogP contribution in [-0.2, 0) is 4.79 Å². The summed E-state index contributed by atoms with van der Waals surface area (Å²) in [7, 11) is 0. The van der Waals surface area contributed by atoms with Gasteiger partial charge in [0.05, 0.1) is 6.54 Å². The molecule has 0 saturated heterocycles. The molecule has 0 bridgehead atoms. The first-order valence-corrected chi connectivity index (χ1v) is 8.22. The predicted octanol–water partition coefficient (Wildman–Crippen LogP) is 4.37. The highest BCUT2D eigenvalue weighted by Crippen LogP contribution is 2.22. The van der Waals surface area contributed by atoms with Gasteiger partial charge in [-0.1, -0.05) is 43.7 Å². The summed E-state index contributed by atoms with van der Waals surface area (Å²) < 4.78 is 13.1. The zero-order valence-electron chi connectivity index (χ0n) is 14.7. The highest BCUT2D eigenvalue weighted by atomic mass is 19.1. The molecular formula is C20H25FN2O. The van der Waals surface area contributed by atoms with Gasteiger partial charge >= 0.3 is 0 Å². The topological polar surface area (TPSA) is 41.1 Å². The summed E-state index contributed by atoms with van der Waals surface area (Å²) in [4.78, 5) is 12.2. The molecule has 2 aromatic carbocycles. The van der Waals surface area contributed by atoms with E-state index in [4.69, 9.17) is 0 Å². The third kappa shape index (κ3) is 4.90. The molecule has 0 spiro atoms. The minimum absolute atomic E-state index is 0.00420. The van der Waals surface area contributed by atoms with E-state index >= 15 is 0 Å². The maximum absolute atomic E-state index is 13.1. The molecule has 0 radical (unpaired) electrons. The van der Waals surface area contributed by atoms with Crippen LogP contribution in [0, 0.1) is 25.6 Å². The van der Waals surface area contributed by atoms with Crippen LogP contribution in [0.3, 0.4) is 0 Å². The van der Waals surface area contributed by atoms with E-state index < -0.39 is 0 Å². The van der Waals surface area contributed by atoms with Gasteiger partial charge in [0.1, 0.15) is 5.82 Å². The van der Waals surface area contributed by atoms with Gasteiger partial charge in [0.25, 0.3) is 0 Å². The van der Waals surface area contributed by atoms with Crippen LogP contribution in [0.5, 0.6) is 0 Å². The molecule has 1 amide bonds. The molecule has 0 aliphatic rings. The van der Waals surface area contributed by atoms with Crippen LogP contribution in [0.2, 0.25) is 0 Å². The van der Waals surface area contributed by atoms with Crippen LogP contribution in [0.25, 0.3) is 0 Å². The molecule has 0 heterocycles. The summed E-state index contributed by atoms with van der Waals surface area (Å²) >= 11 is 0. The van der Waals surface area contributed by atoms with Crippen LogP contribution < -0.4 is 10.6 Å². The second-order valence-electron chi connectivity index (χ2n) is 6.52. The molecule has 3 nitrogen and oxygen atoms in total. The van der Waals surface area contributed by atoms with Crippen molar-refractivity contribution < 1.29 is 9.18 Å². The average Bonchev–Trinajstić information content (AvgIpc) is 2.52. The number of anilines is 1. The average molecular weight is 328 g/mol. The lowest BCUT2D eigenvalue weighted by atomic mass is 9.96. The van der Waals surface area contributed by atoms with Gasteiger partial charge in [-0.25, -0.2) is 4.39 Å². The number of nitrogens with one attached hydrogen (secondary N) is 2. The normalized spacial score (nSPS) is 12.2. The predicted molar refractivity (Wildman–Crippen MR) is 96.5 cm³/mol. The van der Waals surface area contributed by atoms with Gasteiger partial charge in [-0.3, -0.25) is 4.79 Å². The fourth-order valence-electron chi connectivity index (χ4n) is 2.76. The summed E-state index contributed by atoms with van der Waals surface area (Å²) in [5.41, 5.74) is 4.02. The van der Waals surface area contributed by atoms with Crippen molar-refractivity contribution in [2.75, 3.05) is 11.9 Å². The number of carbonyl (C=O) groups is 1. The smallest absolute Gasteiger partial charge is 0.238 e. The molecule has 0 aromatic heterocycles. The highest BCUT2D eigenvalue weighted by molar-refractivity contribution is 5.93. The third-order valence-electron chi connectivity index (χ3n) is 4.03. The molecular weight excluding hydrogens is 303 g/mol. The lowest BCUT2D eigenvalue weighted by molar-refractivity contribution is -0.115. The van der Waals surface area contributed by atoms with Crippen molar-refractivity contribution in [3.05, 3.63) is 65.0 Å². The molecule has 0 saturated carbocycles. The van der Waals surface area contributed by atoms with Gasteiger partial charge in [-0.05, 0) is 49.1 Å². The van der Waals surface area contributed by atoms with Crippen molar-refractivity contribution in [2.45, 2.75) is 33.7 Å². The summed E-state index contributed by atoms with van der Waals surface area (Å²) in [6.07, 6.45) is 0. The van der Waals surface area contributed by atoms with E-state index in [1.54, 1.807) is 12.1 Å². The summed E-state index contributed by atoms with van der Waals surface area (Å²) in [6, 6.07) is 12.3. The van der Waals surface area contributed by atoms with E-state index in [1.807, 2.05) is 32.0 Å². The quantitative estimate of drug-likeness (QED) is 0.827. The van der Waals surface area contributed by atoms with Gasteiger partial charge in [0, 0.05) is 11.7 Å². The van der Waals surface area contributed by atoms with Crippen molar-refractivity contribution in [1.82, 2.24) is 5.32 Å². The van der Waals surface area contributed by atoms with Crippen molar-refractivity contribution in [3.63, 3.8) is 0 Å². The Labute approximate surface area is 143 Å². The molecule has 2 N–H and O–H groups in total. The van der Waals surface area contributed by atoms with Gasteiger partial charge in [-0.15, -0.1) is 0 Å². The Morgan fingerprint density at radius 3 is 2.33 bits per heavy atom. The fourth-order valence-corrected chi connectivity index (χ4v) is 2.76. The molecule has 0 fully saturated rings. The second kappa shape index (κ2) is 8.06. The van der Waals surface area contributed by atoms with Crippen LogP contribution in [0.15, 0.2) is 42.5 Å². The minimum Gasteiger partial charge on any atom is -0.325 e. The number of halogens is 1. The van der Waals surface area contributed by atoms with Gasteiger partial charge in [0.2, 0.25) is 5.91 Å². The summed E-state index contributed by atoms with van der Waals surface area (Å²) in [5.74, 6) is -0.0621. The largest absolute Gasteiger partial charge is 0.325 e. The van der Waals surface area contributed by atoms with Crippen molar-refractivity contribution >= 4 is 11.6 Å². The summed E-state index contributed by atoms with van der Waals surface area (Å²) in [5, 5.41) is 6.20. The second-order valence-corrected chi connectivity index (χ2v) is 6.52. The Balaban J connectivity index is 1.98. The number of amides is 1. The van der Waals surface area contributed by atoms with Crippen molar-refractivity contribution in [2.24, 2.45) is 5.92 Å². The molecule has 2 aromatic rings. The Morgan fingerprint density at radius 1 is 1.08 bits per heavy atom. The van der Waals surface area contributed by atoms with E-state index in [9.17, 15) is 9.18 Å². The number of rotatable bonds is 6. The molecule has 1 atom stereocenters. The van der Waals surface area contributed by atoms with Gasteiger partial charge < -0.3 is 10.6 Å². The third-order valence-corrected chi connectivity index (χ3v) is 4.03. The van der Waals surface area contributed by atoms with Crippen LogP contribution >= 0.6 is 0 Å². The Bertz CT molecular complexity index is 695. The van der Waals surface area contributed by atoms with E-state index in [0.717, 1.165) is 16.8 Å². The molecule has 4 heteroatoms. The Hall–Kier alpha value is -2.20. The first-order chi connectivity index (χ1) is 11.4. The minimum atomic E-state index is -0.256. The van der Waals surface area contributed by atoms with Crippen LogP contribution in [0.1, 0.15) is 36.6 Å². The van der Waals surface area contributed by atoms with Crippen molar-refractivity contribution in [1.29, 1.82) is 0 Å². The Morgan fingerprint density at radius 2 is 1.75 bits per heavy atom. The number of benzene rings is 2. The fraction of sp³-hybridized carbons (Fsp3) is 0.350. The highest BCUT2D eigenvalue weighted by Gasteiger charge is 2.17. The van der Waals surface area contributed by atoms with E-state index in [1.165, 1.54) is 17.7 Å².